The third-order valence-corrected chi connectivity index (χ3v) is 6.77. The van der Waals surface area contributed by atoms with E-state index in [1.807, 2.05) is 0 Å². The van der Waals surface area contributed by atoms with E-state index in [4.69, 9.17) is 5.11 Å². The number of para-hydroxylation sites is 1. The molecular formula is C29H27F3N6O2. The monoisotopic (exact) mass is 548 g/mol. The van der Waals surface area contributed by atoms with E-state index in [1.165, 1.54) is 24.3 Å². The molecule has 0 saturated carbocycles. The summed E-state index contributed by atoms with van der Waals surface area (Å²) in [6, 6.07) is 12.6. The summed E-state index contributed by atoms with van der Waals surface area (Å²) in [5.41, 5.74) is 1.73. The van der Waals surface area contributed by atoms with E-state index in [2.05, 4.69) is 32.1 Å². The van der Waals surface area contributed by atoms with Crippen molar-refractivity contribution in [3.63, 3.8) is 0 Å². The van der Waals surface area contributed by atoms with Crippen molar-refractivity contribution < 1.29 is 23.1 Å². The molecule has 1 saturated heterocycles. The van der Waals surface area contributed by atoms with Crippen LogP contribution in [0.15, 0.2) is 67.4 Å². The summed E-state index contributed by atoms with van der Waals surface area (Å²) in [6.45, 7) is 6.31. The van der Waals surface area contributed by atoms with E-state index >= 15 is 8.78 Å². The number of fused-ring (bicyclic) bond motifs is 1. The van der Waals surface area contributed by atoms with Crippen LogP contribution in [-0.4, -0.2) is 65.2 Å². The topological polar surface area (TPSA) is 93.6 Å². The Labute approximate surface area is 228 Å². The fourth-order valence-electron chi connectivity index (χ4n) is 4.68. The summed E-state index contributed by atoms with van der Waals surface area (Å²) >= 11 is 0. The number of carbonyl (C=O) groups is 1. The van der Waals surface area contributed by atoms with Crippen LogP contribution in [-0.2, 0) is 4.79 Å². The Kier molecular flexibility index (Phi) is 7.94. The number of aliphatic hydroxyl groups is 1. The maximum absolute atomic E-state index is 15.1. The van der Waals surface area contributed by atoms with Crippen LogP contribution in [0.5, 0.6) is 0 Å². The number of anilines is 4. The van der Waals surface area contributed by atoms with Crippen LogP contribution in [0.2, 0.25) is 0 Å². The number of hydrogen-bond donors (Lipinski definition) is 3. The highest BCUT2D eigenvalue weighted by atomic mass is 19.2. The Hall–Kier alpha value is -4.48. The summed E-state index contributed by atoms with van der Waals surface area (Å²) in [6.07, 6.45) is 2.59. The molecule has 3 aromatic carbocycles. The second-order valence-electron chi connectivity index (χ2n) is 9.26. The van der Waals surface area contributed by atoms with Gasteiger partial charge in [-0.2, -0.15) is 0 Å². The third-order valence-electron chi connectivity index (χ3n) is 6.77. The molecule has 8 nitrogen and oxygen atoms in total. The molecule has 0 spiro atoms. The number of carbonyl (C=O) groups excluding carboxylic acids is 1. The number of rotatable bonds is 8. The van der Waals surface area contributed by atoms with Crippen LogP contribution in [0.3, 0.4) is 0 Å². The van der Waals surface area contributed by atoms with E-state index in [0.29, 0.717) is 54.8 Å². The number of amides is 1. The van der Waals surface area contributed by atoms with Gasteiger partial charge in [-0.05, 0) is 35.9 Å². The summed E-state index contributed by atoms with van der Waals surface area (Å²) < 4.78 is 44.5. The predicted molar refractivity (Wildman–Crippen MR) is 149 cm³/mol. The summed E-state index contributed by atoms with van der Waals surface area (Å²) in [4.78, 5) is 24.4. The first-order valence-corrected chi connectivity index (χ1v) is 12.7. The number of benzene rings is 3. The van der Waals surface area contributed by atoms with Gasteiger partial charge in [0.05, 0.1) is 29.2 Å². The van der Waals surface area contributed by atoms with Crippen molar-refractivity contribution in [1.82, 2.24) is 14.9 Å². The first-order chi connectivity index (χ1) is 19.4. The minimum atomic E-state index is -1.05. The van der Waals surface area contributed by atoms with Gasteiger partial charge in [-0.25, -0.2) is 23.1 Å². The molecule has 1 amide bonds. The molecule has 5 rings (SSSR count). The number of halogens is 3. The van der Waals surface area contributed by atoms with Gasteiger partial charge in [-0.3, -0.25) is 9.69 Å². The number of piperazine rings is 1. The Morgan fingerprint density at radius 3 is 2.58 bits per heavy atom. The molecule has 11 heteroatoms. The van der Waals surface area contributed by atoms with Gasteiger partial charge >= 0.3 is 0 Å². The van der Waals surface area contributed by atoms with E-state index < -0.39 is 23.4 Å². The molecule has 1 fully saturated rings. The number of aliphatic hydroxyl groups excluding tert-OH is 1. The Balaban J connectivity index is 1.42. The molecule has 40 heavy (non-hydrogen) atoms. The Morgan fingerprint density at radius 1 is 1.02 bits per heavy atom. The fraction of sp³-hybridized carbons (Fsp3) is 0.207. The Bertz CT molecular complexity index is 1570. The molecule has 0 radical (unpaired) electrons. The van der Waals surface area contributed by atoms with Crippen LogP contribution >= 0.6 is 0 Å². The highest BCUT2D eigenvalue weighted by Gasteiger charge is 2.23. The van der Waals surface area contributed by atoms with E-state index in [0.717, 1.165) is 6.08 Å². The molecular weight excluding hydrogens is 521 g/mol. The molecule has 0 unspecified atom stereocenters. The second-order valence-corrected chi connectivity index (χ2v) is 9.26. The van der Waals surface area contributed by atoms with Crippen molar-refractivity contribution >= 4 is 39.8 Å². The number of nitrogens with zero attached hydrogens (tertiary/aromatic N) is 4. The van der Waals surface area contributed by atoms with Crippen molar-refractivity contribution in [2.45, 2.75) is 0 Å². The molecule has 0 aliphatic carbocycles. The highest BCUT2D eigenvalue weighted by Crippen LogP contribution is 2.32. The Morgan fingerprint density at radius 2 is 1.82 bits per heavy atom. The minimum absolute atomic E-state index is 0.0146. The molecule has 3 N–H and O–H groups in total. The maximum Gasteiger partial charge on any atom is 0.247 e. The molecule has 1 aliphatic heterocycles. The van der Waals surface area contributed by atoms with Crippen LogP contribution < -0.4 is 15.5 Å². The van der Waals surface area contributed by atoms with E-state index in [1.54, 1.807) is 35.4 Å². The highest BCUT2D eigenvalue weighted by molar-refractivity contribution is 6.00. The fourth-order valence-corrected chi connectivity index (χ4v) is 4.68. The van der Waals surface area contributed by atoms with E-state index in [-0.39, 0.29) is 29.6 Å². The van der Waals surface area contributed by atoms with Gasteiger partial charge in [0, 0.05) is 49.9 Å². The lowest BCUT2D eigenvalue weighted by molar-refractivity contribution is -0.111. The second kappa shape index (κ2) is 11.7. The lowest BCUT2D eigenvalue weighted by atomic mass is 10.0. The number of hydrogen-bond acceptors (Lipinski definition) is 7. The van der Waals surface area contributed by atoms with Gasteiger partial charge in [0.1, 0.15) is 5.82 Å². The SMILES string of the molecule is C=CC(=O)Nc1cc(-c2cccc3cnc(Nc4ccc(N5CCN(CCO)CC5)c(F)c4F)nc23)ccc1F. The zero-order valence-electron chi connectivity index (χ0n) is 21.5. The van der Waals surface area contributed by atoms with E-state index in [9.17, 15) is 9.18 Å². The van der Waals surface area contributed by atoms with Gasteiger partial charge < -0.3 is 20.6 Å². The number of β-amino-alcohol motifs (C(OH)–C–C–N with tert-alkyl or cyclic N) is 1. The molecule has 1 aliphatic rings. The molecule has 4 aromatic rings. The average molecular weight is 549 g/mol. The third kappa shape index (κ3) is 5.61. The summed E-state index contributed by atoms with van der Waals surface area (Å²) in [7, 11) is 0. The molecule has 1 aromatic heterocycles. The normalized spacial score (nSPS) is 13.8. The van der Waals surface area contributed by atoms with Gasteiger partial charge in [0.15, 0.2) is 11.6 Å². The molecule has 206 valence electrons. The van der Waals surface area contributed by atoms with Crippen LogP contribution in [0.1, 0.15) is 0 Å². The van der Waals surface area contributed by atoms with Crippen LogP contribution in [0, 0.1) is 17.5 Å². The zero-order valence-corrected chi connectivity index (χ0v) is 21.5. The summed E-state index contributed by atoms with van der Waals surface area (Å²) in [5.74, 6) is -3.13. The zero-order chi connectivity index (χ0) is 28.2. The molecule has 0 bridgehead atoms. The first kappa shape index (κ1) is 27.1. The van der Waals surface area contributed by atoms with Crippen molar-refractivity contribution in [3.05, 3.63) is 84.8 Å². The van der Waals surface area contributed by atoms with Gasteiger partial charge in [-0.1, -0.05) is 30.8 Å². The van der Waals surface area contributed by atoms with Crippen molar-refractivity contribution in [3.8, 4) is 11.1 Å². The molecule has 2 heterocycles. The molecule has 0 atom stereocenters. The summed E-state index contributed by atoms with van der Waals surface area (Å²) in [5, 5.41) is 15.0. The largest absolute Gasteiger partial charge is 0.395 e. The first-order valence-electron chi connectivity index (χ1n) is 12.7. The minimum Gasteiger partial charge on any atom is -0.395 e. The predicted octanol–water partition coefficient (Wildman–Crippen LogP) is 4.70. The lowest BCUT2D eigenvalue weighted by Crippen LogP contribution is -2.47. The quantitative estimate of drug-likeness (QED) is 0.275. The van der Waals surface area contributed by atoms with Crippen molar-refractivity contribution in [2.24, 2.45) is 0 Å². The van der Waals surface area contributed by atoms with Gasteiger partial charge in [0.2, 0.25) is 11.9 Å². The number of aromatic nitrogens is 2. The van der Waals surface area contributed by atoms with Crippen LogP contribution in [0.25, 0.3) is 22.0 Å². The maximum atomic E-state index is 15.1. The smallest absolute Gasteiger partial charge is 0.247 e. The van der Waals surface area contributed by atoms with Gasteiger partial charge in [-0.15, -0.1) is 0 Å². The lowest BCUT2D eigenvalue weighted by Gasteiger charge is -2.36. The average Bonchev–Trinajstić information content (AvgIpc) is 2.97. The van der Waals surface area contributed by atoms with Gasteiger partial charge in [0.25, 0.3) is 0 Å². The standard InChI is InChI=1S/C29H27F3N6O2/c1-2-25(40)34-23-16-18(6-7-21(23)30)20-5-3-4-19-17-33-29(36-28(19)20)35-22-8-9-24(27(32)26(22)31)38-12-10-37(11-13-38)14-15-39/h2-9,16-17,39H,1,10-15H2,(H,34,40)(H,33,35,36). The van der Waals surface area contributed by atoms with Crippen molar-refractivity contribution in [2.75, 3.05) is 54.9 Å². The number of nitrogens with one attached hydrogen (secondary N) is 2. The van der Waals surface area contributed by atoms with Crippen molar-refractivity contribution in [1.29, 1.82) is 0 Å². The van der Waals surface area contributed by atoms with Crippen LogP contribution in [0.4, 0.5) is 36.2 Å².